The van der Waals surface area contributed by atoms with Crippen LogP contribution in [0.4, 0.5) is 0 Å². The highest BCUT2D eigenvalue weighted by Gasteiger charge is 2.11. The molecule has 13 heavy (non-hydrogen) atoms. The molecule has 0 N–H and O–H groups in total. The van der Waals surface area contributed by atoms with Crippen molar-refractivity contribution in [2.24, 2.45) is 0 Å². The van der Waals surface area contributed by atoms with Gasteiger partial charge in [-0.1, -0.05) is 27.5 Å². The molecular weight excluding hydrogens is 255 g/mol. The second kappa shape index (κ2) is 4.33. The summed E-state index contributed by atoms with van der Waals surface area (Å²) in [5.41, 5.74) is 8.45. The molecule has 66 valence electrons. The van der Waals surface area contributed by atoms with Gasteiger partial charge >= 0.3 is 6.21 Å². The van der Waals surface area contributed by atoms with Crippen molar-refractivity contribution in [3.05, 3.63) is 38.8 Å². The average Bonchev–Trinajstić information content (AvgIpc) is 2.04. The molecular formula is C8H4BrClN2O. The number of Topliss-reactive ketones (excluding diaryl/α,β-unsaturated/α-hetero) is 1. The third-order valence-corrected chi connectivity index (χ3v) is 2.18. The molecule has 1 aromatic carbocycles. The summed E-state index contributed by atoms with van der Waals surface area (Å²) in [7, 11) is 0. The van der Waals surface area contributed by atoms with Gasteiger partial charge in [0.25, 0.3) is 5.78 Å². The summed E-state index contributed by atoms with van der Waals surface area (Å²) in [6.45, 7) is 0. The molecule has 0 bridgehead atoms. The molecule has 1 aromatic rings. The van der Waals surface area contributed by atoms with Gasteiger partial charge in [-0.25, -0.2) is 0 Å². The lowest BCUT2D eigenvalue weighted by Crippen LogP contribution is -2.01. The maximum Gasteiger partial charge on any atom is 0.328 e. The van der Waals surface area contributed by atoms with E-state index in [2.05, 4.69) is 20.7 Å². The van der Waals surface area contributed by atoms with Gasteiger partial charge in [0.2, 0.25) is 0 Å². The molecule has 0 spiro atoms. The van der Waals surface area contributed by atoms with E-state index in [1.54, 1.807) is 18.2 Å². The van der Waals surface area contributed by atoms with Crippen molar-refractivity contribution in [3.8, 4) is 0 Å². The van der Waals surface area contributed by atoms with Crippen LogP contribution in [0.2, 0.25) is 5.02 Å². The van der Waals surface area contributed by atoms with E-state index in [0.717, 1.165) is 10.7 Å². The summed E-state index contributed by atoms with van der Waals surface area (Å²) in [4.78, 5) is 13.8. The van der Waals surface area contributed by atoms with Crippen molar-refractivity contribution in [3.63, 3.8) is 0 Å². The van der Waals surface area contributed by atoms with Gasteiger partial charge in [0.15, 0.2) is 0 Å². The molecule has 1 rings (SSSR count). The standard InChI is InChI=1S/C8H4BrClN2O/c9-5-1-2-6(7(10)3-5)8(13)4-12-11/h1-4H. The zero-order valence-electron chi connectivity index (χ0n) is 6.37. The fourth-order valence-electron chi connectivity index (χ4n) is 0.811. The number of benzene rings is 1. The largest absolute Gasteiger partial charge is 0.361 e. The second-order valence-corrected chi connectivity index (χ2v) is 3.56. The highest BCUT2D eigenvalue weighted by atomic mass is 79.9. The monoisotopic (exact) mass is 258 g/mol. The van der Waals surface area contributed by atoms with Crippen LogP contribution in [0.25, 0.3) is 5.53 Å². The van der Waals surface area contributed by atoms with Crippen molar-refractivity contribution >= 4 is 39.5 Å². The zero-order chi connectivity index (χ0) is 9.84. The molecule has 5 heteroatoms. The van der Waals surface area contributed by atoms with E-state index in [0.29, 0.717) is 10.6 Å². The number of halogens is 2. The van der Waals surface area contributed by atoms with Crippen LogP contribution in [-0.2, 0) is 0 Å². The molecule has 0 atom stereocenters. The number of hydrogen-bond donors (Lipinski definition) is 0. The third-order valence-electron chi connectivity index (χ3n) is 1.37. The number of carbonyl (C=O) groups excluding carboxylic acids is 1. The van der Waals surface area contributed by atoms with Gasteiger partial charge in [-0.15, -0.1) is 0 Å². The van der Waals surface area contributed by atoms with E-state index in [4.69, 9.17) is 17.1 Å². The van der Waals surface area contributed by atoms with E-state index in [1.807, 2.05) is 0 Å². The van der Waals surface area contributed by atoms with Crippen molar-refractivity contribution < 1.29 is 9.58 Å². The molecule has 0 aliphatic heterocycles. The molecule has 0 aliphatic carbocycles. The quantitative estimate of drug-likeness (QED) is 0.348. The van der Waals surface area contributed by atoms with Gasteiger partial charge in [0.05, 0.1) is 5.02 Å². The van der Waals surface area contributed by atoms with Crippen LogP contribution in [0.3, 0.4) is 0 Å². The van der Waals surface area contributed by atoms with Gasteiger partial charge in [0, 0.05) is 10.0 Å². The van der Waals surface area contributed by atoms with E-state index in [1.165, 1.54) is 0 Å². The normalized spacial score (nSPS) is 9.08. The predicted molar refractivity (Wildman–Crippen MR) is 53.2 cm³/mol. The predicted octanol–water partition coefficient (Wildman–Crippen LogP) is 2.59. The van der Waals surface area contributed by atoms with Crippen LogP contribution in [0.5, 0.6) is 0 Å². The van der Waals surface area contributed by atoms with E-state index in [9.17, 15) is 4.79 Å². The highest BCUT2D eigenvalue weighted by Crippen LogP contribution is 2.21. The number of nitrogens with zero attached hydrogens (tertiary/aromatic N) is 2. The Morgan fingerprint density at radius 2 is 2.31 bits per heavy atom. The van der Waals surface area contributed by atoms with Gasteiger partial charge in [0.1, 0.15) is 0 Å². The summed E-state index contributed by atoms with van der Waals surface area (Å²) >= 11 is 8.97. The molecule has 0 fully saturated rings. The van der Waals surface area contributed by atoms with E-state index in [-0.39, 0.29) is 0 Å². The Bertz CT molecular complexity index is 399. The Labute approximate surface area is 88.1 Å². The van der Waals surface area contributed by atoms with Crippen molar-refractivity contribution in [1.82, 2.24) is 0 Å². The molecule has 0 aliphatic rings. The Kier molecular flexibility index (Phi) is 3.37. The number of carbonyl (C=O) groups is 1. The Morgan fingerprint density at radius 1 is 1.62 bits per heavy atom. The fourth-order valence-corrected chi connectivity index (χ4v) is 1.58. The molecule has 0 heterocycles. The molecule has 0 saturated heterocycles. The van der Waals surface area contributed by atoms with Crippen LogP contribution >= 0.6 is 27.5 Å². The van der Waals surface area contributed by atoms with Crippen LogP contribution in [-0.4, -0.2) is 16.8 Å². The molecule has 0 aromatic heterocycles. The zero-order valence-corrected chi connectivity index (χ0v) is 8.71. The fraction of sp³-hybridized carbons (Fsp3) is 0. The minimum absolute atomic E-state index is 0.308. The summed E-state index contributed by atoms with van der Waals surface area (Å²) in [5.74, 6) is -0.431. The summed E-state index contributed by atoms with van der Waals surface area (Å²) in [6, 6.07) is 4.83. The van der Waals surface area contributed by atoms with E-state index >= 15 is 0 Å². The lowest BCUT2D eigenvalue weighted by atomic mass is 10.1. The average molecular weight is 259 g/mol. The molecule has 0 radical (unpaired) electrons. The first-order valence-corrected chi connectivity index (χ1v) is 4.49. The second-order valence-electron chi connectivity index (χ2n) is 2.23. The number of ketones is 1. The van der Waals surface area contributed by atoms with Crippen molar-refractivity contribution in [2.75, 3.05) is 0 Å². The van der Waals surface area contributed by atoms with Crippen molar-refractivity contribution in [1.29, 1.82) is 0 Å². The van der Waals surface area contributed by atoms with Gasteiger partial charge in [-0.05, 0) is 18.2 Å². The first-order valence-electron chi connectivity index (χ1n) is 3.32. The van der Waals surface area contributed by atoms with Crippen LogP contribution < -0.4 is 0 Å². The summed E-state index contributed by atoms with van der Waals surface area (Å²) in [5, 5.41) is 0.319. The van der Waals surface area contributed by atoms with Crippen LogP contribution in [0.1, 0.15) is 10.4 Å². The smallest absolute Gasteiger partial charge is 0.328 e. The molecule has 0 unspecified atom stereocenters. The Balaban J connectivity index is 3.16. The summed E-state index contributed by atoms with van der Waals surface area (Å²) in [6.07, 6.45) is 0.801. The van der Waals surface area contributed by atoms with Crippen LogP contribution in [0, 0.1) is 0 Å². The first kappa shape index (κ1) is 10.1. The number of hydrogen-bond acceptors (Lipinski definition) is 1. The van der Waals surface area contributed by atoms with Gasteiger partial charge in [-0.3, -0.25) is 4.79 Å². The summed E-state index contributed by atoms with van der Waals surface area (Å²) < 4.78 is 0.787. The lowest BCUT2D eigenvalue weighted by Gasteiger charge is -1.97. The molecule has 0 saturated carbocycles. The van der Waals surface area contributed by atoms with Gasteiger partial charge < -0.3 is 5.53 Å². The van der Waals surface area contributed by atoms with E-state index < -0.39 is 5.78 Å². The Morgan fingerprint density at radius 3 is 2.85 bits per heavy atom. The molecule has 0 amide bonds. The highest BCUT2D eigenvalue weighted by molar-refractivity contribution is 9.10. The first-order chi connectivity index (χ1) is 6.15. The molecule has 3 nitrogen and oxygen atoms in total. The maximum atomic E-state index is 11.2. The van der Waals surface area contributed by atoms with Gasteiger partial charge in [-0.2, -0.15) is 4.79 Å². The maximum absolute atomic E-state index is 11.2. The minimum atomic E-state index is -0.431. The lowest BCUT2D eigenvalue weighted by molar-refractivity contribution is 0.00235. The Hall–Kier alpha value is -0.960. The topological polar surface area (TPSA) is 53.5 Å². The van der Waals surface area contributed by atoms with Crippen LogP contribution in [0.15, 0.2) is 22.7 Å². The SMILES string of the molecule is [N-]=[N+]=CC(=O)c1ccc(Br)cc1Cl. The number of rotatable bonds is 2. The minimum Gasteiger partial charge on any atom is -0.361 e. The van der Waals surface area contributed by atoms with Crippen molar-refractivity contribution in [2.45, 2.75) is 0 Å². The third kappa shape index (κ3) is 2.49.